The first-order valence-corrected chi connectivity index (χ1v) is 13.1. The molecule has 0 saturated carbocycles. The summed E-state index contributed by atoms with van der Waals surface area (Å²) in [5.74, 6) is 1.23. The molecule has 0 aliphatic carbocycles. The second-order valence-corrected chi connectivity index (χ2v) is 10.3. The Morgan fingerprint density at radius 1 is 1.05 bits per heavy atom. The molecule has 0 radical (unpaired) electrons. The van der Waals surface area contributed by atoms with Gasteiger partial charge in [-0.05, 0) is 50.8 Å². The number of ether oxygens (including phenoxy) is 4. The van der Waals surface area contributed by atoms with Crippen LogP contribution >= 0.6 is 0 Å². The molecule has 2 atom stereocenters. The van der Waals surface area contributed by atoms with E-state index in [2.05, 4.69) is 11.5 Å². The molecule has 38 heavy (non-hydrogen) atoms. The van der Waals surface area contributed by atoms with Crippen molar-refractivity contribution in [2.45, 2.75) is 46.6 Å². The summed E-state index contributed by atoms with van der Waals surface area (Å²) in [7, 11) is 5.02. The van der Waals surface area contributed by atoms with E-state index in [9.17, 15) is 9.59 Å². The number of esters is 1. The lowest BCUT2D eigenvalue weighted by molar-refractivity contribution is -0.151. The van der Waals surface area contributed by atoms with Gasteiger partial charge in [0.25, 0.3) is 5.56 Å². The van der Waals surface area contributed by atoms with Gasteiger partial charge < -0.3 is 28.1 Å². The van der Waals surface area contributed by atoms with Gasteiger partial charge in [-0.15, -0.1) is 0 Å². The molecule has 2 heterocycles. The SMILES string of the molecule is COC[C@H](CCCOc1ccc2c(c1)nc(-c1cc(C)c(=O)n(C)c1)n2[C@@H](C)COC)C(=O)OCC(C)C. The van der Waals surface area contributed by atoms with E-state index in [0.717, 1.165) is 22.4 Å². The molecule has 0 amide bonds. The van der Waals surface area contributed by atoms with Crippen molar-refractivity contribution in [3.8, 4) is 17.1 Å². The number of carbonyl (C=O) groups excluding carboxylic acids is 1. The number of aryl methyl sites for hydroxylation is 2. The Hall–Kier alpha value is -3.17. The molecule has 0 aliphatic heterocycles. The highest BCUT2D eigenvalue weighted by atomic mass is 16.5. The van der Waals surface area contributed by atoms with Crippen LogP contribution in [0.15, 0.2) is 35.3 Å². The Morgan fingerprint density at radius 2 is 1.79 bits per heavy atom. The number of imidazole rings is 1. The van der Waals surface area contributed by atoms with Gasteiger partial charge in [0.1, 0.15) is 11.6 Å². The Bertz CT molecular complexity index is 1250. The molecule has 0 aliphatic rings. The smallest absolute Gasteiger partial charge is 0.311 e. The molecule has 0 unspecified atom stereocenters. The first-order valence-electron chi connectivity index (χ1n) is 13.1. The standard InChI is InChI=1S/C29H41N3O6/c1-19(2)16-38-29(34)22(18-36-7)9-8-12-37-24-10-11-26-25(14-24)30-27(32(26)21(4)17-35-6)23-13-20(3)28(33)31(5)15-23/h10-11,13-15,19,21-22H,8-9,12,16-18H2,1-7H3/t21-,22-/m0/s1. The van der Waals surface area contributed by atoms with Gasteiger partial charge in [0.05, 0.1) is 49.4 Å². The number of hydrogen-bond donors (Lipinski definition) is 0. The second-order valence-electron chi connectivity index (χ2n) is 10.3. The van der Waals surface area contributed by atoms with E-state index in [-0.39, 0.29) is 23.5 Å². The summed E-state index contributed by atoms with van der Waals surface area (Å²) in [6, 6.07) is 7.75. The minimum atomic E-state index is -0.310. The number of methoxy groups -OCH3 is 2. The lowest BCUT2D eigenvalue weighted by Gasteiger charge is -2.18. The van der Waals surface area contributed by atoms with E-state index in [0.29, 0.717) is 56.5 Å². The van der Waals surface area contributed by atoms with Crippen molar-refractivity contribution in [2.24, 2.45) is 18.9 Å². The van der Waals surface area contributed by atoms with Gasteiger partial charge in [-0.3, -0.25) is 9.59 Å². The summed E-state index contributed by atoms with van der Waals surface area (Å²) in [6.45, 7) is 9.62. The Kier molecular flexibility index (Phi) is 10.5. The third-order valence-electron chi connectivity index (χ3n) is 6.36. The van der Waals surface area contributed by atoms with Gasteiger partial charge in [-0.2, -0.15) is 0 Å². The number of fused-ring (bicyclic) bond motifs is 1. The number of pyridine rings is 1. The van der Waals surface area contributed by atoms with Crippen LogP contribution in [0.3, 0.4) is 0 Å². The molecule has 2 aromatic heterocycles. The van der Waals surface area contributed by atoms with Crippen molar-refractivity contribution in [3.05, 3.63) is 46.4 Å². The van der Waals surface area contributed by atoms with E-state index in [1.807, 2.05) is 51.2 Å². The average Bonchev–Trinajstić information content (AvgIpc) is 3.26. The summed E-state index contributed by atoms with van der Waals surface area (Å²) < 4.78 is 25.8. The largest absolute Gasteiger partial charge is 0.494 e. The van der Waals surface area contributed by atoms with Gasteiger partial charge in [-0.1, -0.05) is 13.8 Å². The number of carbonyl (C=O) groups is 1. The first-order chi connectivity index (χ1) is 18.2. The van der Waals surface area contributed by atoms with E-state index in [4.69, 9.17) is 23.9 Å². The number of hydrogen-bond acceptors (Lipinski definition) is 7. The van der Waals surface area contributed by atoms with Crippen molar-refractivity contribution in [1.29, 1.82) is 0 Å². The van der Waals surface area contributed by atoms with Crippen LogP contribution in [-0.4, -0.2) is 60.7 Å². The van der Waals surface area contributed by atoms with Gasteiger partial charge >= 0.3 is 5.97 Å². The van der Waals surface area contributed by atoms with Gasteiger partial charge in [0, 0.05) is 44.7 Å². The third kappa shape index (κ3) is 7.23. The molecule has 0 fully saturated rings. The van der Waals surface area contributed by atoms with Gasteiger partial charge in [-0.25, -0.2) is 4.98 Å². The molecule has 0 saturated heterocycles. The van der Waals surface area contributed by atoms with Gasteiger partial charge in [0.15, 0.2) is 0 Å². The lowest BCUT2D eigenvalue weighted by atomic mass is 10.0. The van der Waals surface area contributed by atoms with Crippen LogP contribution in [0.5, 0.6) is 5.75 Å². The molecule has 9 nitrogen and oxygen atoms in total. The van der Waals surface area contributed by atoms with E-state index >= 15 is 0 Å². The molecule has 3 aromatic rings. The Balaban J connectivity index is 1.78. The molecule has 3 rings (SSSR count). The maximum absolute atomic E-state index is 12.4. The molecule has 0 bridgehead atoms. The van der Waals surface area contributed by atoms with Crippen molar-refractivity contribution < 1.29 is 23.7 Å². The maximum atomic E-state index is 12.4. The summed E-state index contributed by atoms with van der Waals surface area (Å²) in [5, 5.41) is 0. The lowest BCUT2D eigenvalue weighted by Crippen LogP contribution is -2.24. The van der Waals surface area contributed by atoms with Crippen molar-refractivity contribution in [1.82, 2.24) is 14.1 Å². The minimum absolute atomic E-state index is 0.0254. The van der Waals surface area contributed by atoms with Crippen molar-refractivity contribution >= 4 is 17.0 Å². The fourth-order valence-electron chi connectivity index (χ4n) is 4.49. The zero-order chi connectivity index (χ0) is 27.8. The Labute approximate surface area is 224 Å². The topological polar surface area (TPSA) is 93.8 Å². The fraction of sp³-hybridized carbons (Fsp3) is 0.552. The highest BCUT2D eigenvalue weighted by molar-refractivity contribution is 5.82. The molecule has 0 N–H and O–H groups in total. The summed E-state index contributed by atoms with van der Waals surface area (Å²) in [5.41, 5.74) is 3.24. The minimum Gasteiger partial charge on any atom is -0.494 e. The van der Waals surface area contributed by atoms with Gasteiger partial charge in [0.2, 0.25) is 0 Å². The van der Waals surface area contributed by atoms with Crippen LogP contribution in [0.2, 0.25) is 0 Å². The number of rotatable bonds is 14. The molecule has 1 aromatic carbocycles. The monoisotopic (exact) mass is 527 g/mol. The molecular weight excluding hydrogens is 486 g/mol. The molecular formula is C29H41N3O6. The van der Waals surface area contributed by atoms with Crippen LogP contribution in [0, 0.1) is 18.8 Å². The summed E-state index contributed by atoms with van der Waals surface area (Å²) >= 11 is 0. The van der Waals surface area contributed by atoms with Crippen LogP contribution in [0.25, 0.3) is 22.4 Å². The number of benzene rings is 1. The number of aromatic nitrogens is 3. The predicted molar refractivity (Wildman–Crippen MR) is 148 cm³/mol. The van der Waals surface area contributed by atoms with Crippen molar-refractivity contribution in [2.75, 3.05) is 40.6 Å². The first kappa shape index (κ1) is 29.4. The summed E-state index contributed by atoms with van der Waals surface area (Å²) in [6.07, 6.45) is 3.11. The van der Waals surface area contributed by atoms with Crippen LogP contribution < -0.4 is 10.3 Å². The Morgan fingerprint density at radius 3 is 2.45 bits per heavy atom. The van der Waals surface area contributed by atoms with Crippen molar-refractivity contribution in [3.63, 3.8) is 0 Å². The van der Waals surface area contributed by atoms with Crippen LogP contribution in [0.4, 0.5) is 0 Å². The molecule has 9 heteroatoms. The number of nitrogens with zero attached hydrogens (tertiary/aromatic N) is 3. The zero-order valence-corrected chi connectivity index (χ0v) is 23.7. The van der Waals surface area contributed by atoms with Crippen LogP contribution in [-0.2, 0) is 26.1 Å². The normalized spacial score (nSPS) is 13.2. The fourth-order valence-corrected chi connectivity index (χ4v) is 4.49. The highest BCUT2D eigenvalue weighted by Crippen LogP contribution is 2.31. The third-order valence-corrected chi connectivity index (χ3v) is 6.36. The van der Waals surface area contributed by atoms with E-state index in [1.54, 1.807) is 25.8 Å². The zero-order valence-electron chi connectivity index (χ0n) is 23.7. The molecule has 208 valence electrons. The summed E-state index contributed by atoms with van der Waals surface area (Å²) in [4.78, 5) is 29.6. The highest BCUT2D eigenvalue weighted by Gasteiger charge is 2.21. The van der Waals surface area contributed by atoms with Crippen LogP contribution in [0.1, 0.15) is 45.2 Å². The van der Waals surface area contributed by atoms with E-state index < -0.39 is 0 Å². The maximum Gasteiger partial charge on any atom is 0.311 e. The van der Waals surface area contributed by atoms with E-state index in [1.165, 1.54) is 0 Å². The average molecular weight is 528 g/mol. The second kappa shape index (κ2) is 13.6. The molecule has 0 spiro atoms. The quantitative estimate of drug-likeness (QED) is 0.224. The predicted octanol–water partition coefficient (Wildman–Crippen LogP) is 4.54.